The molecule has 4 rings (SSSR count). The molecule has 0 bridgehead atoms. The lowest BCUT2D eigenvalue weighted by Crippen LogP contribution is -2.53. The quantitative estimate of drug-likeness (QED) is 0.915. The number of aliphatic hydroxyl groups excluding tert-OH is 1. The zero-order valence-electron chi connectivity index (χ0n) is 12.9. The Morgan fingerprint density at radius 1 is 1.14 bits per heavy atom. The highest BCUT2D eigenvalue weighted by molar-refractivity contribution is 5.81. The number of aliphatic hydroxyl groups is 1. The molecule has 3 atom stereocenters. The van der Waals surface area contributed by atoms with Gasteiger partial charge < -0.3 is 10.0 Å². The summed E-state index contributed by atoms with van der Waals surface area (Å²) in [4.78, 5) is 17.0. The van der Waals surface area contributed by atoms with Crippen LogP contribution in [0.3, 0.4) is 0 Å². The number of hydrogen-bond acceptors (Lipinski definition) is 3. The molecule has 4 nitrogen and oxygen atoms in total. The molecule has 1 saturated carbocycles. The summed E-state index contributed by atoms with van der Waals surface area (Å²) in [5.41, 5.74) is 1.30. The molecule has 2 heterocycles. The Bertz CT molecular complexity index is 543. The maximum Gasteiger partial charge on any atom is 0.225 e. The molecule has 0 spiro atoms. The van der Waals surface area contributed by atoms with Crippen LogP contribution < -0.4 is 0 Å². The zero-order valence-corrected chi connectivity index (χ0v) is 12.9. The van der Waals surface area contributed by atoms with Gasteiger partial charge in [0.1, 0.15) is 0 Å². The van der Waals surface area contributed by atoms with Gasteiger partial charge in [0.2, 0.25) is 5.91 Å². The fraction of sp³-hybridized carbons (Fsp3) is 0.611. The summed E-state index contributed by atoms with van der Waals surface area (Å²) in [6, 6.07) is 10.9. The molecule has 3 aliphatic rings. The molecule has 0 aromatic heterocycles. The molecule has 1 aromatic rings. The number of nitrogens with zero attached hydrogens (tertiary/aromatic N) is 2. The van der Waals surface area contributed by atoms with Crippen molar-refractivity contribution in [3.8, 4) is 0 Å². The first-order valence-electron chi connectivity index (χ1n) is 8.46. The predicted molar refractivity (Wildman–Crippen MR) is 84.4 cm³/mol. The van der Waals surface area contributed by atoms with E-state index < -0.39 is 0 Å². The number of hydrogen-bond donors (Lipinski definition) is 1. The van der Waals surface area contributed by atoms with Gasteiger partial charge in [-0.05, 0) is 18.4 Å². The molecule has 1 aliphatic carbocycles. The van der Waals surface area contributed by atoms with E-state index in [0.717, 1.165) is 39.0 Å². The van der Waals surface area contributed by atoms with Crippen LogP contribution in [-0.2, 0) is 4.79 Å². The second-order valence-electron chi connectivity index (χ2n) is 7.00. The fourth-order valence-electron chi connectivity index (χ4n) is 4.27. The van der Waals surface area contributed by atoms with E-state index in [0.29, 0.717) is 23.8 Å². The highest BCUT2D eigenvalue weighted by Gasteiger charge is 2.46. The normalized spacial score (nSPS) is 32.0. The average molecular weight is 300 g/mol. The Labute approximate surface area is 131 Å². The lowest BCUT2D eigenvalue weighted by Gasteiger charge is -2.39. The Morgan fingerprint density at radius 2 is 1.91 bits per heavy atom. The standard InChI is InChI=1S/C18H24N2O2/c21-12-15-10-19-8-9-20(18(22)14-6-7-14)11-16(19)17(15)13-4-2-1-3-5-13/h1-5,14-17,21H,6-12H2/t15-,16+,17-/m0/s1. The van der Waals surface area contributed by atoms with Gasteiger partial charge in [-0.15, -0.1) is 0 Å². The second kappa shape index (κ2) is 5.67. The van der Waals surface area contributed by atoms with Crippen LogP contribution in [0.1, 0.15) is 24.3 Å². The van der Waals surface area contributed by atoms with Gasteiger partial charge in [-0.25, -0.2) is 0 Å². The van der Waals surface area contributed by atoms with Crippen molar-refractivity contribution in [3.63, 3.8) is 0 Å². The van der Waals surface area contributed by atoms with Gasteiger partial charge in [-0.1, -0.05) is 30.3 Å². The molecule has 1 amide bonds. The van der Waals surface area contributed by atoms with Crippen molar-refractivity contribution >= 4 is 5.91 Å². The summed E-state index contributed by atoms with van der Waals surface area (Å²) in [6.45, 7) is 3.80. The van der Waals surface area contributed by atoms with Gasteiger partial charge in [-0.3, -0.25) is 9.69 Å². The molecule has 4 heteroatoms. The Kier molecular flexibility index (Phi) is 3.66. The lowest BCUT2D eigenvalue weighted by atomic mass is 9.84. The van der Waals surface area contributed by atoms with E-state index in [2.05, 4.69) is 34.1 Å². The van der Waals surface area contributed by atoms with E-state index in [1.54, 1.807) is 0 Å². The predicted octanol–water partition coefficient (Wildman–Crippen LogP) is 1.32. The summed E-state index contributed by atoms with van der Waals surface area (Å²) in [7, 11) is 0. The number of piperazine rings is 1. The SMILES string of the molecule is O=C(C1CC1)N1CCN2C[C@@H](CO)[C@H](c3ccccc3)[C@H]2C1. The Hall–Kier alpha value is -1.39. The highest BCUT2D eigenvalue weighted by atomic mass is 16.3. The van der Waals surface area contributed by atoms with Crippen LogP contribution >= 0.6 is 0 Å². The summed E-state index contributed by atoms with van der Waals surface area (Å²) >= 11 is 0. The maximum atomic E-state index is 12.4. The van der Waals surface area contributed by atoms with E-state index in [9.17, 15) is 9.90 Å². The topological polar surface area (TPSA) is 43.8 Å². The van der Waals surface area contributed by atoms with Gasteiger partial charge in [0.15, 0.2) is 0 Å². The Morgan fingerprint density at radius 3 is 2.59 bits per heavy atom. The van der Waals surface area contributed by atoms with Gasteiger partial charge in [0, 0.05) is 56.6 Å². The minimum absolute atomic E-state index is 0.225. The number of rotatable bonds is 3. The lowest BCUT2D eigenvalue weighted by molar-refractivity contribution is -0.135. The van der Waals surface area contributed by atoms with Crippen LogP contribution in [-0.4, -0.2) is 59.6 Å². The zero-order chi connectivity index (χ0) is 15.1. The fourth-order valence-corrected chi connectivity index (χ4v) is 4.27. The molecule has 0 radical (unpaired) electrons. The van der Waals surface area contributed by atoms with Crippen LogP contribution in [0.15, 0.2) is 30.3 Å². The molecule has 1 aromatic carbocycles. The van der Waals surface area contributed by atoms with Crippen molar-refractivity contribution in [1.82, 2.24) is 9.80 Å². The summed E-state index contributed by atoms with van der Waals surface area (Å²) in [5.74, 6) is 1.28. The monoisotopic (exact) mass is 300 g/mol. The first kappa shape index (κ1) is 14.2. The molecular weight excluding hydrogens is 276 g/mol. The van der Waals surface area contributed by atoms with Crippen molar-refractivity contribution in [1.29, 1.82) is 0 Å². The number of carbonyl (C=O) groups is 1. The van der Waals surface area contributed by atoms with Crippen molar-refractivity contribution in [2.24, 2.45) is 11.8 Å². The van der Waals surface area contributed by atoms with E-state index in [-0.39, 0.29) is 12.5 Å². The third-order valence-corrected chi connectivity index (χ3v) is 5.58. The molecule has 3 fully saturated rings. The number of benzene rings is 1. The maximum absolute atomic E-state index is 12.4. The third-order valence-electron chi connectivity index (χ3n) is 5.58. The summed E-state index contributed by atoms with van der Waals surface area (Å²) in [6.07, 6.45) is 2.15. The number of carbonyl (C=O) groups excluding carboxylic acids is 1. The second-order valence-corrected chi connectivity index (χ2v) is 7.00. The van der Waals surface area contributed by atoms with Crippen molar-refractivity contribution in [2.75, 3.05) is 32.8 Å². The first-order valence-corrected chi connectivity index (χ1v) is 8.46. The molecule has 22 heavy (non-hydrogen) atoms. The third kappa shape index (κ3) is 2.44. The molecule has 0 unspecified atom stereocenters. The van der Waals surface area contributed by atoms with Crippen LogP contribution in [0.4, 0.5) is 0 Å². The highest BCUT2D eigenvalue weighted by Crippen LogP contribution is 2.40. The van der Waals surface area contributed by atoms with Crippen molar-refractivity contribution in [3.05, 3.63) is 35.9 Å². The van der Waals surface area contributed by atoms with E-state index in [4.69, 9.17) is 0 Å². The van der Waals surface area contributed by atoms with Gasteiger partial charge in [-0.2, -0.15) is 0 Å². The molecule has 1 N–H and O–H groups in total. The van der Waals surface area contributed by atoms with Crippen LogP contribution in [0.5, 0.6) is 0 Å². The Balaban J connectivity index is 1.57. The van der Waals surface area contributed by atoms with E-state index >= 15 is 0 Å². The van der Waals surface area contributed by atoms with Crippen LogP contribution in [0.25, 0.3) is 0 Å². The largest absolute Gasteiger partial charge is 0.396 e. The first-order chi connectivity index (χ1) is 10.8. The number of fused-ring (bicyclic) bond motifs is 1. The summed E-state index contributed by atoms with van der Waals surface area (Å²) in [5, 5.41) is 9.81. The van der Waals surface area contributed by atoms with Gasteiger partial charge >= 0.3 is 0 Å². The molecular formula is C18H24N2O2. The minimum atomic E-state index is 0.225. The van der Waals surface area contributed by atoms with Crippen molar-refractivity contribution in [2.45, 2.75) is 24.8 Å². The van der Waals surface area contributed by atoms with E-state index in [1.807, 2.05) is 6.07 Å². The van der Waals surface area contributed by atoms with Gasteiger partial charge in [0.05, 0.1) is 0 Å². The summed E-state index contributed by atoms with van der Waals surface area (Å²) < 4.78 is 0. The molecule has 2 aliphatic heterocycles. The van der Waals surface area contributed by atoms with Crippen LogP contribution in [0.2, 0.25) is 0 Å². The minimum Gasteiger partial charge on any atom is -0.396 e. The van der Waals surface area contributed by atoms with Gasteiger partial charge in [0.25, 0.3) is 0 Å². The van der Waals surface area contributed by atoms with E-state index in [1.165, 1.54) is 5.56 Å². The van der Waals surface area contributed by atoms with Crippen molar-refractivity contribution < 1.29 is 9.90 Å². The molecule has 2 saturated heterocycles. The molecule has 118 valence electrons. The average Bonchev–Trinajstić information content (AvgIpc) is 3.34. The smallest absolute Gasteiger partial charge is 0.225 e. The number of amides is 1. The van der Waals surface area contributed by atoms with Crippen LogP contribution in [0, 0.1) is 11.8 Å².